The van der Waals surface area contributed by atoms with Gasteiger partial charge in [-0.05, 0) is 85.4 Å². The van der Waals surface area contributed by atoms with Gasteiger partial charge in [-0.25, -0.2) is 4.79 Å². The second kappa shape index (κ2) is 15.4. The van der Waals surface area contributed by atoms with Crippen LogP contribution in [-0.4, -0.2) is 29.6 Å². The van der Waals surface area contributed by atoms with E-state index in [0.717, 1.165) is 36.0 Å². The van der Waals surface area contributed by atoms with E-state index in [0.29, 0.717) is 17.0 Å². The van der Waals surface area contributed by atoms with Gasteiger partial charge in [-0.2, -0.15) is 0 Å². The molecule has 0 radical (unpaired) electrons. The molecule has 1 atom stereocenters. The third-order valence-electron chi connectivity index (χ3n) is 9.12. The maximum absolute atomic E-state index is 13.4. The number of amides is 3. The fourth-order valence-electron chi connectivity index (χ4n) is 6.83. The smallest absolute Gasteiger partial charge is 0.319 e. The molecular formula is C36H43N3O5. The van der Waals surface area contributed by atoms with Crippen molar-refractivity contribution >= 4 is 23.6 Å². The van der Waals surface area contributed by atoms with Gasteiger partial charge in [0.25, 0.3) is 5.91 Å². The number of nitrogens with one attached hydrogen (secondary N) is 3. The van der Waals surface area contributed by atoms with Crippen LogP contribution in [0.15, 0.2) is 78.9 Å². The van der Waals surface area contributed by atoms with Crippen molar-refractivity contribution in [3.8, 4) is 11.5 Å². The molecule has 0 aliphatic heterocycles. The van der Waals surface area contributed by atoms with E-state index in [4.69, 9.17) is 9.84 Å². The minimum Gasteiger partial charge on any atom is -0.481 e. The minimum atomic E-state index is -0.957. The first-order valence-electron chi connectivity index (χ1n) is 15.9. The zero-order chi connectivity index (χ0) is 30.7. The average Bonchev–Trinajstić information content (AvgIpc) is 3.05. The number of hydrogen-bond donors (Lipinski definition) is 4. The Hall–Kier alpha value is -4.33. The molecule has 0 aromatic heterocycles. The number of rotatable bonds is 11. The summed E-state index contributed by atoms with van der Waals surface area (Å²) in [5.74, 6) is 1.96. The molecular weight excluding hydrogens is 554 g/mol. The Morgan fingerprint density at radius 2 is 1.45 bits per heavy atom. The average molecular weight is 598 g/mol. The normalized spacial score (nSPS) is 19.4. The Kier molecular flexibility index (Phi) is 10.9. The number of benzene rings is 3. The summed E-state index contributed by atoms with van der Waals surface area (Å²) in [4.78, 5) is 36.7. The standard InChI is InChI=1S/C36H43N3O5/c40-33(41)22-23-37-35(42)29-20-18-28(19-21-29)34(27-16-14-26(15-17-27)25-8-3-1-4-9-25)39-36(43)38-30-10-7-13-32(24-30)44-31-11-5-2-6-12-31/h2,5-7,10-13,18-21,24-27,34H,1,3-4,8-9,14-17,22-23H2,(H,37,42)(H,40,41)(H2,38,39,43). The van der Waals surface area contributed by atoms with Gasteiger partial charge in [-0.3, -0.25) is 9.59 Å². The first kappa shape index (κ1) is 31.1. The lowest BCUT2D eigenvalue weighted by Crippen LogP contribution is -2.38. The van der Waals surface area contributed by atoms with E-state index in [9.17, 15) is 14.4 Å². The molecule has 2 aliphatic rings. The van der Waals surface area contributed by atoms with E-state index in [2.05, 4.69) is 16.0 Å². The molecule has 0 heterocycles. The molecule has 0 saturated heterocycles. The number of para-hydroxylation sites is 1. The molecule has 2 saturated carbocycles. The number of urea groups is 1. The highest BCUT2D eigenvalue weighted by atomic mass is 16.5. The van der Waals surface area contributed by atoms with Crippen LogP contribution >= 0.6 is 0 Å². The monoisotopic (exact) mass is 597 g/mol. The summed E-state index contributed by atoms with van der Waals surface area (Å²) in [6.45, 7) is 0.0715. The Morgan fingerprint density at radius 3 is 2.16 bits per heavy atom. The lowest BCUT2D eigenvalue weighted by atomic mass is 9.69. The van der Waals surface area contributed by atoms with Crippen molar-refractivity contribution in [2.24, 2.45) is 17.8 Å². The Morgan fingerprint density at radius 1 is 0.773 bits per heavy atom. The van der Waals surface area contributed by atoms with E-state index in [1.165, 1.54) is 44.9 Å². The number of anilines is 1. The van der Waals surface area contributed by atoms with Gasteiger partial charge in [0.2, 0.25) is 0 Å². The highest BCUT2D eigenvalue weighted by molar-refractivity contribution is 5.94. The van der Waals surface area contributed by atoms with Crippen LogP contribution in [0.25, 0.3) is 0 Å². The molecule has 3 aromatic rings. The molecule has 0 spiro atoms. The largest absolute Gasteiger partial charge is 0.481 e. The number of carbonyl (C=O) groups excluding carboxylic acids is 2. The third-order valence-corrected chi connectivity index (χ3v) is 9.12. The second-order valence-electron chi connectivity index (χ2n) is 12.1. The summed E-state index contributed by atoms with van der Waals surface area (Å²) in [5.41, 5.74) is 2.03. The first-order chi connectivity index (χ1) is 21.4. The summed E-state index contributed by atoms with van der Waals surface area (Å²) in [6, 6.07) is 23.6. The Bertz CT molecular complexity index is 1380. The van der Waals surface area contributed by atoms with Gasteiger partial charge in [0.1, 0.15) is 11.5 Å². The topological polar surface area (TPSA) is 117 Å². The quantitative estimate of drug-likeness (QED) is 0.179. The molecule has 5 rings (SSSR count). The maximum atomic E-state index is 13.4. The zero-order valence-electron chi connectivity index (χ0n) is 25.2. The summed E-state index contributed by atoms with van der Waals surface area (Å²) >= 11 is 0. The van der Waals surface area contributed by atoms with E-state index in [1.807, 2.05) is 60.7 Å². The number of carboxylic acid groups (broad SMARTS) is 1. The molecule has 1 unspecified atom stereocenters. The van der Waals surface area contributed by atoms with Crippen LogP contribution < -0.4 is 20.7 Å². The van der Waals surface area contributed by atoms with E-state index in [1.54, 1.807) is 18.2 Å². The highest BCUT2D eigenvalue weighted by Gasteiger charge is 2.33. The van der Waals surface area contributed by atoms with Crippen molar-refractivity contribution in [1.29, 1.82) is 0 Å². The van der Waals surface area contributed by atoms with Crippen LogP contribution in [0.5, 0.6) is 11.5 Å². The van der Waals surface area contributed by atoms with E-state index < -0.39 is 5.97 Å². The number of ether oxygens (including phenoxy) is 1. The van der Waals surface area contributed by atoms with Crippen LogP contribution in [0, 0.1) is 17.8 Å². The highest BCUT2D eigenvalue weighted by Crippen LogP contribution is 2.43. The molecule has 3 aromatic carbocycles. The molecule has 0 bridgehead atoms. The molecule has 4 N–H and O–H groups in total. The summed E-state index contributed by atoms with van der Waals surface area (Å²) < 4.78 is 5.94. The zero-order valence-corrected chi connectivity index (χ0v) is 25.2. The molecule has 3 amide bonds. The van der Waals surface area contributed by atoms with Gasteiger partial charge in [0, 0.05) is 23.9 Å². The van der Waals surface area contributed by atoms with Gasteiger partial charge in [-0.15, -0.1) is 0 Å². The summed E-state index contributed by atoms with van der Waals surface area (Å²) in [5, 5.41) is 17.7. The van der Waals surface area contributed by atoms with Crippen molar-refractivity contribution in [2.75, 3.05) is 11.9 Å². The van der Waals surface area contributed by atoms with Crippen molar-refractivity contribution in [1.82, 2.24) is 10.6 Å². The molecule has 8 nitrogen and oxygen atoms in total. The predicted molar refractivity (Wildman–Crippen MR) is 171 cm³/mol. The molecule has 44 heavy (non-hydrogen) atoms. The van der Waals surface area contributed by atoms with Crippen LogP contribution in [0.4, 0.5) is 10.5 Å². The Balaban J connectivity index is 1.26. The van der Waals surface area contributed by atoms with Crippen molar-refractivity contribution in [2.45, 2.75) is 70.3 Å². The molecule has 8 heteroatoms. The van der Waals surface area contributed by atoms with Crippen LogP contribution in [0.3, 0.4) is 0 Å². The van der Waals surface area contributed by atoms with Gasteiger partial charge in [-0.1, -0.05) is 68.5 Å². The van der Waals surface area contributed by atoms with Gasteiger partial charge in [0.15, 0.2) is 0 Å². The summed E-state index contributed by atoms with van der Waals surface area (Å²) in [7, 11) is 0. The van der Waals surface area contributed by atoms with Crippen molar-refractivity contribution in [3.63, 3.8) is 0 Å². The van der Waals surface area contributed by atoms with Crippen molar-refractivity contribution in [3.05, 3.63) is 90.0 Å². The van der Waals surface area contributed by atoms with E-state index in [-0.39, 0.29) is 36.9 Å². The predicted octanol–water partition coefficient (Wildman–Crippen LogP) is 7.93. The number of carbonyl (C=O) groups is 3. The number of hydrogen-bond acceptors (Lipinski definition) is 4. The molecule has 2 fully saturated rings. The molecule has 2 aliphatic carbocycles. The molecule has 232 valence electrons. The lowest BCUT2D eigenvalue weighted by molar-refractivity contribution is -0.136. The SMILES string of the molecule is O=C(O)CCNC(=O)c1ccc(C(NC(=O)Nc2cccc(Oc3ccccc3)c2)C2CCC(C3CCCCC3)CC2)cc1. The maximum Gasteiger partial charge on any atom is 0.319 e. The van der Waals surface area contributed by atoms with Gasteiger partial charge < -0.3 is 25.8 Å². The fourth-order valence-corrected chi connectivity index (χ4v) is 6.83. The Labute approximate surface area is 259 Å². The second-order valence-corrected chi connectivity index (χ2v) is 12.1. The van der Waals surface area contributed by atoms with Crippen LogP contribution in [0.2, 0.25) is 0 Å². The first-order valence-corrected chi connectivity index (χ1v) is 15.9. The van der Waals surface area contributed by atoms with Gasteiger partial charge >= 0.3 is 12.0 Å². The lowest BCUT2D eigenvalue weighted by Gasteiger charge is -2.38. The summed E-state index contributed by atoms with van der Waals surface area (Å²) in [6.07, 6.45) is 11.1. The number of aliphatic carboxylic acids is 1. The van der Waals surface area contributed by atoms with E-state index >= 15 is 0 Å². The van der Waals surface area contributed by atoms with Crippen LogP contribution in [0.1, 0.15) is 86.2 Å². The van der Waals surface area contributed by atoms with Gasteiger partial charge in [0.05, 0.1) is 12.5 Å². The fraction of sp³-hybridized carbons (Fsp3) is 0.417. The minimum absolute atomic E-state index is 0.0715. The van der Waals surface area contributed by atoms with Crippen molar-refractivity contribution < 1.29 is 24.2 Å². The third kappa shape index (κ3) is 8.85. The van der Waals surface area contributed by atoms with Crippen LogP contribution in [-0.2, 0) is 4.79 Å². The number of carboxylic acids is 1.